The number of fused-ring (bicyclic) bond motifs is 1. The second-order valence-corrected chi connectivity index (χ2v) is 8.00. The number of imide groups is 1. The van der Waals surface area contributed by atoms with Gasteiger partial charge in [-0.05, 0) is 31.1 Å². The monoisotopic (exact) mass is 483 g/mol. The fourth-order valence-electron chi connectivity index (χ4n) is 3.54. The van der Waals surface area contributed by atoms with E-state index in [9.17, 15) is 22.8 Å². The van der Waals surface area contributed by atoms with Gasteiger partial charge in [-0.3, -0.25) is 14.9 Å². The lowest BCUT2D eigenvalue weighted by Gasteiger charge is -2.16. The molecule has 5 rings (SSSR count). The lowest BCUT2D eigenvalue weighted by Crippen LogP contribution is -2.19. The fraction of sp³-hybridized carbons (Fsp3) is 0.227. The number of carbonyl (C=O) groups is 2. The highest BCUT2D eigenvalue weighted by molar-refractivity contribution is 6.15. The molecule has 0 radical (unpaired) electrons. The van der Waals surface area contributed by atoms with Gasteiger partial charge in [0.15, 0.2) is 11.4 Å². The third kappa shape index (κ3) is 4.86. The van der Waals surface area contributed by atoms with Gasteiger partial charge in [0.1, 0.15) is 11.6 Å². The summed E-state index contributed by atoms with van der Waals surface area (Å²) in [7, 11) is 0. The molecule has 2 amide bonds. The van der Waals surface area contributed by atoms with Gasteiger partial charge in [0.2, 0.25) is 5.91 Å². The van der Waals surface area contributed by atoms with E-state index < -0.39 is 23.9 Å². The first-order chi connectivity index (χ1) is 16.7. The molecule has 13 heteroatoms. The molecule has 1 aliphatic heterocycles. The van der Waals surface area contributed by atoms with E-state index in [1.165, 1.54) is 28.9 Å². The molecule has 0 atom stereocenters. The predicted octanol–water partition coefficient (Wildman–Crippen LogP) is 3.25. The van der Waals surface area contributed by atoms with Crippen LogP contribution in [0.2, 0.25) is 0 Å². The molecule has 2 fully saturated rings. The van der Waals surface area contributed by atoms with Crippen molar-refractivity contribution in [3.8, 4) is 11.8 Å². The van der Waals surface area contributed by atoms with Gasteiger partial charge in [-0.1, -0.05) is 0 Å². The minimum absolute atomic E-state index is 0.0108. The van der Waals surface area contributed by atoms with Crippen LogP contribution in [0.3, 0.4) is 0 Å². The number of aromatic nitrogens is 3. The van der Waals surface area contributed by atoms with E-state index in [1.54, 1.807) is 12.1 Å². The summed E-state index contributed by atoms with van der Waals surface area (Å²) in [4.78, 5) is 28.0. The third-order valence-electron chi connectivity index (χ3n) is 5.25. The van der Waals surface area contributed by atoms with Gasteiger partial charge >= 0.3 is 6.36 Å². The highest BCUT2D eigenvalue weighted by atomic mass is 19.4. The Bertz CT molecular complexity index is 1430. The number of rotatable bonds is 6. The number of nitrogens with one attached hydrogen (secondary N) is 3. The topological polar surface area (TPSA) is 133 Å². The summed E-state index contributed by atoms with van der Waals surface area (Å²) in [6.07, 6.45) is -0.166. The van der Waals surface area contributed by atoms with Crippen molar-refractivity contribution in [1.29, 1.82) is 5.26 Å². The minimum atomic E-state index is -4.97. The van der Waals surface area contributed by atoms with E-state index in [0.29, 0.717) is 17.0 Å². The van der Waals surface area contributed by atoms with Crippen LogP contribution in [-0.4, -0.2) is 38.8 Å². The van der Waals surface area contributed by atoms with E-state index in [1.807, 2.05) is 0 Å². The number of halogens is 3. The third-order valence-corrected chi connectivity index (χ3v) is 5.25. The van der Waals surface area contributed by atoms with Crippen LogP contribution in [0.5, 0.6) is 5.75 Å². The van der Waals surface area contributed by atoms with Gasteiger partial charge in [0.05, 0.1) is 29.9 Å². The smallest absolute Gasteiger partial charge is 0.404 e. The molecular weight excluding hydrogens is 467 g/mol. The van der Waals surface area contributed by atoms with Crippen molar-refractivity contribution in [2.45, 2.75) is 31.7 Å². The first-order valence-electron chi connectivity index (χ1n) is 10.5. The maximum atomic E-state index is 12.9. The molecule has 35 heavy (non-hydrogen) atoms. The molecule has 10 nitrogen and oxygen atoms in total. The number of nitrogens with zero attached hydrogens (tertiary/aromatic N) is 4. The van der Waals surface area contributed by atoms with Crippen LogP contribution in [0.25, 0.3) is 11.7 Å². The van der Waals surface area contributed by atoms with Gasteiger partial charge in [-0.15, -0.1) is 13.2 Å². The van der Waals surface area contributed by atoms with Crippen LogP contribution in [-0.2, 0) is 9.59 Å². The van der Waals surface area contributed by atoms with Crippen molar-refractivity contribution < 1.29 is 27.5 Å². The predicted molar refractivity (Wildman–Crippen MR) is 116 cm³/mol. The van der Waals surface area contributed by atoms with Crippen LogP contribution < -0.4 is 20.7 Å². The summed E-state index contributed by atoms with van der Waals surface area (Å²) in [6, 6.07) is 7.18. The molecule has 1 saturated carbocycles. The average Bonchev–Trinajstić information content (AvgIpc) is 3.42. The summed E-state index contributed by atoms with van der Waals surface area (Å²) in [5, 5.41) is 21.7. The Kier molecular flexibility index (Phi) is 5.28. The Hall–Kier alpha value is -4.60. The molecule has 3 aromatic rings. The summed E-state index contributed by atoms with van der Waals surface area (Å²) < 4.78 is 44.5. The zero-order chi connectivity index (χ0) is 24.7. The first kappa shape index (κ1) is 22.2. The number of anilines is 3. The standard InChI is InChI=1S/C22H16F3N7O3/c23-22(24,25)35-16-5-11(9-26)1-4-15(16)29-17-8-18(28-14-2-3-14)32-20(30-17)13(10-27-32)6-12-7-19(33)31-21(12)34/h1,4-6,8,10,14,28H,2-3,7H2,(H,29,30)(H,31,33,34)/b12-6+. The highest BCUT2D eigenvalue weighted by Crippen LogP contribution is 2.34. The van der Waals surface area contributed by atoms with Crippen LogP contribution in [0.4, 0.5) is 30.5 Å². The van der Waals surface area contributed by atoms with Crippen molar-refractivity contribution in [2.75, 3.05) is 10.6 Å². The molecule has 1 aromatic carbocycles. The zero-order valence-electron chi connectivity index (χ0n) is 17.8. The van der Waals surface area contributed by atoms with E-state index in [2.05, 4.69) is 30.8 Å². The summed E-state index contributed by atoms with van der Waals surface area (Å²) in [5.41, 5.74) is 0.928. The Morgan fingerprint density at radius 3 is 2.71 bits per heavy atom. The number of ether oxygens (including phenoxy) is 1. The van der Waals surface area contributed by atoms with Gasteiger partial charge in [0.25, 0.3) is 5.91 Å². The molecule has 1 saturated heterocycles. The quantitative estimate of drug-likeness (QED) is 0.360. The number of benzene rings is 1. The molecule has 1 aliphatic carbocycles. The van der Waals surface area contributed by atoms with Crippen molar-refractivity contribution >= 4 is 40.9 Å². The maximum absolute atomic E-state index is 12.9. The van der Waals surface area contributed by atoms with E-state index >= 15 is 0 Å². The summed E-state index contributed by atoms with van der Waals surface area (Å²) in [5.74, 6) is -0.812. The second kappa shape index (κ2) is 8.32. The van der Waals surface area contributed by atoms with Crippen LogP contribution >= 0.6 is 0 Å². The van der Waals surface area contributed by atoms with Crippen LogP contribution in [0.1, 0.15) is 30.4 Å². The number of hydrogen-bond donors (Lipinski definition) is 3. The average molecular weight is 483 g/mol. The SMILES string of the molecule is N#Cc1ccc(Nc2cc(NC3CC3)n3ncc(/C=C4\CC(=O)NC4=O)c3n2)c(OC(F)(F)F)c1. The summed E-state index contributed by atoms with van der Waals surface area (Å²) >= 11 is 0. The normalized spacial score (nSPS) is 16.9. The van der Waals surface area contributed by atoms with Crippen molar-refractivity contribution in [3.63, 3.8) is 0 Å². The van der Waals surface area contributed by atoms with E-state index in [-0.39, 0.29) is 35.1 Å². The fourth-order valence-corrected chi connectivity index (χ4v) is 3.54. The van der Waals surface area contributed by atoms with Gasteiger partial charge in [0, 0.05) is 29.3 Å². The zero-order valence-corrected chi connectivity index (χ0v) is 17.8. The molecule has 2 aliphatic rings. The van der Waals surface area contributed by atoms with E-state index in [4.69, 9.17) is 5.26 Å². The first-order valence-corrected chi connectivity index (χ1v) is 10.5. The van der Waals surface area contributed by atoms with Crippen molar-refractivity contribution in [3.05, 3.63) is 47.2 Å². The second-order valence-electron chi connectivity index (χ2n) is 8.00. The maximum Gasteiger partial charge on any atom is 0.573 e. The molecule has 178 valence electrons. The van der Waals surface area contributed by atoms with Gasteiger partial charge < -0.3 is 15.4 Å². The number of nitriles is 1. The molecule has 0 spiro atoms. The lowest BCUT2D eigenvalue weighted by atomic mass is 10.1. The van der Waals surface area contributed by atoms with Gasteiger partial charge in [-0.25, -0.2) is 4.98 Å². The molecular formula is C22H16F3N7O3. The minimum Gasteiger partial charge on any atom is -0.404 e. The van der Waals surface area contributed by atoms with Crippen LogP contribution in [0.15, 0.2) is 36.0 Å². The van der Waals surface area contributed by atoms with Gasteiger partial charge in [-0.2, -0.15) is 14.9 Å². The Morgan fingerprint density at radius 2 is 2.06 bits per heavy atom. The van der Waals surface area contributed by atoms with Crippen LogP contribution in [0, 0.1) is 11.3 Å². The Morgan fingerprint density at radius 1 is 1.26 bits per heavy atom. The Balaban J connectivity index is 1.57. The van der Waals surface area contributed by atoms with E-state index in [0.717, 1.165) is 18.9 Å². The number of alkyl halides is 3. The Labute approximate surface area is 195 Å². The number of amides is 2. The lowest BCUT2D eigenvalue weighted by molar-refractivity contribution is -0.274. The van der Waals surface area contributed by atoms with Crippen molar-refractivity contribution in [1.82, 2.24) is 19.9 Å². The largest absolute Gasteiger partial charge is 0.573 e. The number of carbonyl (C=O) groups excluding carboxylic acids is 2. The molecule has 0 bridgehead atoms. The molecule has 3 heterocycles. The molecule has 0 unspecified atom stereocenters. The molecule has 3 N–H and O–H groups in total. The van der Waals surface area contributed by atoms with Crippen molar-refractivity contribution in [2.24, 2.45) is 0 Å². The number of hydrogen-bond acceptors (Lipinski definition) is 8. The summed E-state index contributed by atoms with van der Waals surface area (Å²) in [6.45, 7) is 0. The molecule has 2 aromatic heterocycles. The highest BCUT2D eigenvalue weighted by Gasteiger charge is 2.32.